The third-order valence-corrected chi connectivity index (χ3v) is 4.86. The first-order valence-corrected chi connectivity index (χ1v) is 8.99. The number of hydrogen-bond acceptors (Lipinski definition) is 2. The van der Waals surface area contributed by atoms with Gasteiger partial charge in [0.05, 0.1) is 13.7 Å². The van der Waals surface area contributed by atoms with Crippen LogP contribution in [0.25, 0.3) is 16.9 Å². The average molecular weight is 451 g/mol. The van der Waals surface area contributed by atoms with E-state index in [0.29, 0.717) is 0 Å². The van der Waals surface area contributed by atoms with Gasteiger partial charge in [-0.1, -0.05) is 0 Å². The fraction of sp³-hybridized carbons (Fsp3) is 0.286. The largest absolute Gasteiger partial charge is 1.00 e. The molecule has 0 fully saturated rings. The van der Waals surface area contributed by atoms with Gasteiger partial charge in [-0.25, -0.2) is 4.57 Å². The van der Waals surface area contributed by atoms with Crippen molar-refractivity contribution < 1.29 is 39.8 Å². The second-order valence-electron chi connectivity index (χ2n) is 6.52. The van der Waals surface area contributed by atoms with Crippen molar-refractivity contribution in [1.29, 1.82) is 0 Å². The summed E-state index contributed by atoms with van der Waals surface area (Å²) in [7, 11) is 1.65. The maximum absolute atomic E-state index is 12.4. The Labute approximate surface area is 173 Å². The molecule has 0 N–H and O–H groups in total. The molecule has 1 aromatic heterocycles. The minimum Gasteiger partial charge on any atom is -1.00 e. The van der Waals surface area contributed by atoms with Gasteiger partial charge in [-0.15, -0.1) is 0 Å². The molecule has 0 saturated carbocycles. The smallest absolute Gasteiger partial charge is 0.387 e. The number of imidazole rings is 1. The van der Waals surface area contributed by atoms with Gasteiger partial charge in [0.1, 0.15) is 23.4 Å². The van der Waals surface area contributed by atoms with E-state index in [1.54, 1.807) is 19.2 Å². The summed E-state index contributed by atoms with van der Waals surface area (Å²) in [5, 5.41) is 0. The Balaban J connectivity index is 0.00000225. The molecule has 1 aliphatic rings. The lowest BCUT2D eigenvalue weighted by molar-refractivity contribution is -0.708. The first-order chi connectivity index (χ1) is 13.2. The number of methoxy groups -OCH3 is 1. The number of rotatable bonds is 5. The molecule has 0 unspecified atom stereocenters. The molecule has 0 aliphatic carbocycles. The predicted molar refractivity (Wildman–Crippen MR) is 97.5 cm³/mol. The highest BCUT2D eigenvalue weighted by Crippen LogP contribution is 2.29. The van der Waals surface area contributed by atoms with Crippen LogP contribution >= 0.6 is 0 Å². The van der Waals surface area contributed by atoms with Crippen LogP contribution in [0.5, 0.6) is 11.5 Å². The molecule has 28 heavy (non-hydrogen) atoms. The van der Waals surface area contributed by atoms with Gasteiger partial charge in [0.2, 0.25) is 0 Å². The summed E-state index contributed by atoms with van der Waals surface area (Å²) in [4.78, 5) is 0. The van der Waals surface area contributed by atoms with Crippen molar-refractivity contribution in [3.8, 4) is 28.4 Å². The zero-order chi connectivity index (χ0) is 18.8. The maximum Gasteiger partial charge on any atom is 0.387 e. The number of aromatic nitrogens is 2. The van der Waals surface area contributed by atoms with E-state index in [2.05, 4.69) is 20.1 Å². The lowest BCUT2D eigenvalue weighted by Gasteiger charge is -2.11. The molecule has 0 spiro atoms. The number of hydrogen-bond donors (Lipinski definition) is 0. The monoisotopic (exact) mass is 450 g/mol. The Hall–Kier alpha value is -2.41. The highest BCUT2D eigenvalue weighted by atomic mass is 79.9. The van der Waals surface area contributed by atoms with Crippen LogP contribution in [0.2, 0.25) is 0 Å². The number of benzene rings is 2. The first-order valence-electron chi connectivity index (χ1n) is 8.99. The van der Waals surface area contributed by atoms with Crippen LogP contribution < -0.4 is 31.0 Å². The number of nitrogens with zero attached hydrogens (tertiary/aromatic N) is 2. The van der Waals surface area contributed by atoms with Crippen molar-refractivity contribution in [3.05, 3.63) is 60.6 Å². The van der Waals surface area contributed by atoms with Crippen molar-refractivity contribution in [2.45, 2.75) is 32.4 Å². The molecular formula is C21H21BrF2N2O2. The van der Waals surface area contributed by atoms with Gasteiger partial charge in [0.15, 0.2) is 5.69 Å². The normalized spacial score (nSPS) is 13.0. The van der Waals surface area contributed by atoms with E-state index in [0.717, 1.165) is 48.5 Å². The number of ether oxygens (including phenoxy) is 2. The van der Waals surface area contributed by atoms with E-state index in [4.69, 9.17) is 4.74 Å². The van der Waals surface area contributed by atoms with Gasteiger partial charge >= 0.3 is 6.61 Å². The molecule has 4 nitrogen and oxygen atoms in total. The third kappa shape index (κ3) is 4.04. The van der Waals surface area contributed by atoms with E-state index in [1.807, 2.05) is 36.4 Å². The van der Waals surface area contributed by atoms with Crippen LogP contribution in [0, 0.1) is 0 Å². The molecule has 0 bridgehead atoms. The van der Waals surface area contributed by atoms with Crippen LogP contribution in [0.4, 0.5) is 8.78 Å². The summed E-state index contributed by atoms with van der Waals surface area (Å²) < 4.78 is 39.1. The molecule has 4 rings (SSSR count). The number of halogens is 3. The highest BCUT2D eigenvalue weighted by Gasteiger charge is 2.28. The van der Waals surface area contributed by atoms with E-state index >= 15 is 0 Å². The zero-order valence-corrected chi connectivity index (χ0v) is 17.0. The van der Waals surface area contributed by atoms with Gasteiger partial charge in [0.25, 0.3) is 5.82 Å². The zero-order valence-electron chi connectivity index (χ0n) is 15.4. The number of alkyl halides is 2. The second kappa shape index (κ2) is 8.73. The Morgan fingerprint density at radius 3 is 2.29 bits per heavy atom. The summed E-state index contributed by atoms with van der Waals surface area (Å²) in [6.45, 7) is -1.83. The lowest BCUT2D eigenvalue weighted by Crippen LogP contribution is -3.00. The molecule has 7 heteroatoms. The molecule has 0 amide bonds. The van der Waals surface area contributed by atoms with E-state index in [-0.39, 0.29) is 22.7 Å². The van der Waals surface area contributed by atoms with Crippen LogP contribution in [-0.4, -0.2) is 18.3 Å². The van der Waals surface area contributed by atoms with Crippen LogP contribution in [0.3, 0.4) is 0 Å². The van der Waals surface area contributed by atoms with Crippen molar-refractivity contribution in [2.24, 2.45) is 0 Å². The van der Waals surface area contributed by atoms with Gasteiger partial charge in [-0.2, -0.15) is 13.3 Å². The van der Waals surface area contributed by atoms with Gasteiger partial charge in [0, 0.05) is 12.0 Å². The molecule has 2 aromatic carbocycles. The van der Waals surface area contributed by atoms with Crippen LogP contribution in [-0.2, 0) is 13.0 Å². The molecule has 0 atom stereocenters. The topological polar surface area (TPSA) is 27.3 Å². The molecule has 0 radical (unpaired) electrons. The average Bonchev–Trinajstić information content (AvgIpc) is 3.08. The molecule has 148 valence electrons. The SMILES string of the molecule is COc1ccc(-n2c(-c3ccc(OC(F)F)cc3)c[n+]3c2CCCC3)cc1.[Br-]. The summed E-state index contributed by atoms with van der Waals surface area (Å²) in [5.41, 5.74) is 3.03. The quantitative estimate of drug-likeness (QED) is 0.549. The fourth-order valence-corrected chi connectivity index (χ4v) is 3.59. The highest BCUT2D eigenvalue weighted by molar-refractivity contribution is 5.62. The summed E-state index contributed by atoms with van der Waals surface area (Å²) in [6, 6.07) is 14.8. The molecule has 1 aliphatic heterocycles. The predicted octanol–water partition coefficient (Wildman–Crippen LogP) is 1.38. The Kier molecular flexibility index (Phi) is 6.34. The number of fused-ring (bicyclic) bond motifs is 1. The minimum absolute atomic E-state index is 0. The van der Waals surface area contributed by atoms with E-state index < -0.39 is 6.61 Å². The molecular weight excluding hydrogens is 430 g/mol. The third-order valence-electron chi connectivity index (χ3n) is 4.86. The minimum atomic E-state index is -2.82. The number of aryl methyl sites for hydroxylation is 1. The lowest BCUT2D eigenvalue weighted by atomic mass is 10.1. The van der Waals surface area contributed by atoms with E-state index in [9.17, 15) is 8.78 Å². The van der Waals surface area contributed by atoms with Crippen molar-refractivity contribution >= 4 is 0 Å². The summed E-state index contributed by atoms with van der Waals surface area (Å²) in [6.07, 6.45) is 5.45. The van der Waals surface area contributed by atoms with E-state index in [1.165, 1.54) is 5.82 Å². The van der Waals surface area contributed by atoms with Gasteiger partial charge in [-0.05, 0) is 61.4 Å². The second-order valence-corrected chi connectivity index (χ2v) is 6.52. The Bertz CT molecular complexity index is 925. The Morgan fingerprint density at radius 1 is 0.964 bits per heavy atom. The Morgan fingerprint density at radius 2 is 1.64 bits per heavy atom. The van der Waals surface area contributed by atoms with Crippen molar-refractivity contribution in [1.82, 2.24) is 4.57 Å². The molecule has 3 aromatic rings. The van der Waals surface area contributed by atoms with Crippen molar-refractivity contribution in [2.75, 3.05) is 7.11 Å². The van der Waals surface area contributed by atoms with Crippen LogP contribution in [0.1, 0.15) is 18.7 Å². The molecule has 2 heterocycles. The van der Waals surface area contributed by atoms with Gasteiger partial charge in [-0.3, -0.25) is 0 Å². The summed E-state index contributed by atoms with van der Waals surface area (Å²) in [5.74, 6) is 2.21. The standard InChI is InChI=1S/C21H21F2N2O2.BrH/c1-26-17-11-7-16(8-12-17)25-19(14-24-13-3-2-4-20(24)25)15-5-9-18(10-6-15)27-21(22)23;/h5-12,14,21H,2-4,13H2,1H3;1H/q+1;/p-1. The van der Waals surface area contributed by atoms with Crippen molar-refractivity contribution in [3.63, 3.8) is 0 Å². The maximum atomic E-state index is 12.4. The summed E-state index contributed by atoms with van der Waals surface area (Å²) >= 11 is 0. The molecule has 0 saturated heterocycles. The first kappa shape index (κ1) is 20.3. The van der Waals surface area contributed by atoms with Gasteiger partial charge < -0.3 is 26.5 Å². The van der Waals surface area contributed by atoms with Crippen LogP contribution in [0.15, 0.2) is 54.7 Å². The fourth-order valence-electron chi connectivity index (χ4n) is 3.59.